The summed E-state index contributed by atoms with van der Waals surface area (Å²) in [5.74, 6) is -0.149. The molecule has 1 aromatic rings. The fraction of sp³-hybridized carbons (Fsp3) is 0.583. The molecular formula is C12H18N4O2. The number of amides is 1. The van der Waals surface area contributed by atoms with Crippen molar-refractivity contribution >= 4 is 5.91 Å². The van der Waals surface area contributed by atoms with Crippen molar-refractivity contribution in [1.29, 1.82) is 0 Å². The zero-order chi connectivity index (χ0) is 13.0. The molecule has 0 spiro atoms. The highest BCUT2D eigenvalue weighted by atomic mass is 16.2. The van der Waals surface area contributed by atoms with E-state index in [1.54, 1.807) is 4.90 Å². The Labute approximate surface area is 105 Å². The number of aromatic nitrogens is 2. The minimum absolute atomic E-state index is 0.0775. The van der Waals surface area contributed by atoms with Crippen LogP contribution in [0.25, 0.3) is 0 Å². The SMILES string of the molecule is NCC1CCCCCN1C(=O)c1ccc(=O)[nH]n1. The number of H-pyrrole nitrogens is 1. The van der Waals surface area contributed by atoms with Crippen LogP contribution in [0.1, 0.15) is 36.2 Å². The van der Waals surface area contributed by atoms with Gasteiger partial charge in [0.2, 0.25) is 0 Å². The molecule has 2 heterocycles. The molecule has 2 rings (SSSR count). The molecule has 18 heavy (non-hydrogen) atoms. The summed E-state index contributed by atoms with van der Waals surface area (Å²) in [5, 5.41) is 6.07. The minimum Gasteiger partial charge on any atom is -0.333 e. The Hall–Kier alpha value is -1.69. The molecule has 0 bridgehead atoms. The van der Waals surface area contributed by atoms with Crippen molar-refractivity contribution in [2.45, 2.75) is 31.7 Å². The molecule has 0 aliphatic carbocycles. The number of nitrogens with zero attached hydrogens (tertiary/aromatic N) is 2. The van der Waals surface area contributed by atoms with Crippen molar-refractivity contribution in [2.24, 2.45) is 5.73 Å². The predicted molar refractivity (Wildman–Crippen MR) is 67.2 cm³/mol. The third kappa shape index (κ3) is 2.76. The van der Waals surface area contributed by atoms with E-state index in [-0.39, 0.29) is 23.2 Å². The first-order valence-electron chi connectivity index (χ1n) is 6.29. The van der Waals surface area contributed by atoms with Crippen LogP contribution in [0.4, 0.5) is 0 Å². The van der Waals surface area contributed by atoms with Crippen LogP contribution < -0.4 is 11.3 Å². The number of hydrogen-bond acceptors (Lipinski definition) is 4. The maximum atomic E-state index is 12.3. The molecule has 0 aromatic carbocycles. The lowest BCUT2D eigenvalue weighted by atomic mass is 10.1. The summed E-state index contributed by atoms with van der Waals surface area (Å²) in [5.41, 5.74) is 5.70. The van der Waals surface area contributed by atoms with Crippen molar-refractivity contribution in [3.05, 3.63) is 28.2 Å². The summed E-state index contributed by atoms with van der Waals surface area (Å²) >= 11 is 0. The molecule has 98 valence electrons. The smallest absolute Gasteiger partial charge is 0.274 e. The molecule has 1 atom stereocenters. The van der Waals surface area contributed by atoms with Gasteiger partial charge >= 0.3 is 0 Å². The Kier molecular flexibility index (Phi) is 4.09. The maximum Gasteiger partial charge on any atom is 0.274 e. The van der Waals surface area contributed by atoms with Gasteiger partial charge in [0, 0.05) is 25.2 Å². The van der Waals surface area contributed by atoms with Gasteiger partial charge in [0.25, 0.3) is 11.5 Å². The normalized spacial score (nSPS) is 20.5. The van der Waals surface area contributed by atoms with Crippen LogP contribution in [-0.2, 0) is 0 Å². The van der Waals surface area contributed by atoms with Crippen LogP contribution in [0.5, 0.6) is 0 Å². The summed E-state index contributed by atoms with van der Waals surface area (Å²) in [6, 6.07) is 2.85. The van der Waals surface area contributed by atoms with Gasteiger partial charge in [-0.3, -0.25) is 9.59 Å². The number of likely N-dealkylation sites (tertiary alicyclic amines) is 1. The van der Waals surface area contributed by atoms with Crippen molar-refractivity contribution in [2.75, 3.05) is 13.1 Å². The van der Waals surface area contributed by atoms with Gasteiger partial charge in [0.05, 0.1) is 0 Å². The van der Waals surface area contributed by atoms with Crippen LogP contribution >= 0.6 is 0 Å². The number of rotatable bonds is 2. The van der Waals surface area contributed by atoms with E-state index in [4.69, 9.17) is 5.73 Å². The molecule has 1 saturated heterocycles. The third-order valence-corrected chi connectivity index (χ3v) is 3.31. The van der Waals surface area contributed by atoms with Crippen LogP contribution in [0.2, 0.25) is 0 Å². The van der Waals surface area contributed by atoms with Crippen LogP contribution in [-0.4, -0.2) is 40.1 Å². The van der Waals surface area contributed by atoms with Crippen molar-refractivity contribution in [3.8, 4) is 0 Å². The molecule has 6 heteroatoms. The topological polar surface area (TPSA) is 92.1 Å². The van der Waals surface area contributed by atoms with Gasteiger partial charge in [0.1, 0.15) is 5.69 Å². The highest BCUT2D eigenvalue weighted by Gasteiger charge is 2.26. The number of nitrogens with two attached hydrogens (primary N) is 1. The van der Waals surface area contributed by atoms with Gasteiger partial charge < -0.3 is 10.6 Å². The zero-order valence-corrected chi connectivity index (χ0v) is 10.3. The zero-order valence-electron chi connectivity index (χ0n) is 10.3. The van der Waals surface area contributed by atoms with Crippen molar-refractivity contribution in [1.82, 2.24) is 15.1 Å². The average Bonchev–Trinajstić information content (AvgIpc) is 2.63. The highest BCUT2D eigenvalue weighted by Crippen LogP contribution is 2.17. The summed E-state index contributed by atoms with van der Waals surface area (Å²) in [6.45, 7) is 1.18. The van der Waals surface area contributed by atoms with Gasteiger partial charge in [-0.2, -0.15) is 5.10 Å². The fourth-order valence-electron chi connectivity index (χ4n) is 2.30. The molecule has 0 radical (unpaired) electrons. The number of hydrogen-bond donors (Lipinski definition) is 2. The Bertz CT molecular complexity index is 451. The Morgan fingerprint density at radius 3 is 2.94 bits per heavy atom. The average molecular weight is 250 g/mol. The Balaban J connectivity index is 2.19. The van der Waals surface area contributed by atoms with E-state index in [1.165, 1.54) is 12.1 Å². The van der Waals surface area contributed by atoms with Crippen molar-refractivity contribution < 1.29 is 4.79 Å². The van der Waals surface area contributed by atoms with E-state index in [1.807, 2.05) is 0 Å². The third-order valence-electron chi connectivity index (χ3n) is 3.31. The van der Waals surface area contributed by atoms with Gasteiger partial charge in [-0.1, -0.05) is 12.8 Å². The predicted octanol–water partition coefficient (Wildman–Crippen LogP) is 0.113. The van der Waals surface area contributed by atoms with E-state index < -0.39 is 0 Å². The van der Waals surface area contributed by atoms with Crippen LogP contribution in [0.15, 0.2) is 16.9 Å². The highest BCUT2D eigenvalue weighted by molar-refractivity contribution is 5.92. The molecule has 1 aliphatic rings. The van der Waals surface area contributed by atoms with Gasteiger partial charge in [-0.05, 0) is 18.9 Å². The second-order valence-corrected chi connectivity index (χ2v) is 4.54. The fourth-order valence-corrected chi connectivity index (χ4v) is 2.30. The lowest BCUT2D eigenvalue weighted by Gasteiger charge is -2.28. The molecule has 1 aliphatic heterocycles. The van der Waals surface area contributed by atoms with E-state index in [9.17, 15) is 9.59 Å². The van der Waals surface area contributed by atoms with E-state index in [0.29, 0.717) is 13.1 Å². The maximum absolute atomic E-state index is 12.3. The molecule has 1 aromatic heterocycles. The minimum atomic E-state index is -0.308. The largest absolute Gasteiger partial charge is 0.333 e. The molecule has 0 saturated carbocycles. The summed E-state index contributed by atoms with van der Waals surface area (Å²) in [6.07, 6.45) is 4.15. The van der Waals surface area contributed by atoms with Crippen LogP contribution in [0, 0.1) is 0 Å². The number of carbonyl (C=O) groups is 1. The second-order valence-electron chi connectivity index (χ2n) is 4.54. The summed E-state index contributed by atoms with van der Waals surface area (Å²) in [4.78, 5) is 25.0. The standard InChI is InChI=1S/C12H18N4O2/c13-8-9-4-2-1-3-7-16(9)12(18)10-5-6-11(17)15-14-10/h5-6,9H,1-4,7-8,13H2,(H,15,17). The van der Waals surface area contributed by atoms with E-state index in [0.717, 1.165) is 25.7 Å². The number of nitrogens with one attached hydrogen (secondary N) is 1. The monoisotopic (exact) mass is 250 g/mol. The van der Waals surface area contributed by atoms with Gasteiger partial charge in [-0.15, -0.1) is 0 Å². The second kappa shape index (κ2) is 5.77. The lowest BCUT2D eigenvalue weighted by Crippen LogP contribution is -2.44. The van der Waals surface area contributed by atoms with Crippen molar-refractivity contribution in [3.63, 3.8) is 0 Å². The first-order chi connectivity index (χ1) is 8.72. The quantitative estimate of drug-likeness (QED) is 0.779. The summed E-state index contributed by atoms with van der Waals surface area (Å²) in [7, 11) is 0. The molecule has 1 unspecified atom stereocenters. The molecule has 3 N–H and O–H groups in total. The summed E-state index contributed by atoms with van der Waals surface area (Å²) < 4.78 is 0. The molecule has 6 nitrogen and oxygen atoms in total. The molecule has 1 fully saturated rings. The van der Waals surface area contributed by atoms with E-state index >= 15 is 0 Å². The van der Waals surface area contributed by atoms with E-state index in [2.05, 4.69) is 10.2 Å². The van der Waals surface area contributed by atoms with Crippen LogP contribution in [0.3, 0.4) is 0 Å². The number of aromatic amines is 1. The van der Waals surface area contributed by atoms with Gasteiger partial charge in [0.15, 0.2) is 0 Å². The molecule has 1 amide bonds. The first-order valence-corrected chi connectivity index (χ1v) is 6.29. The Morgan fingerprint density at radius 2 is 2.28 bits per heavy atom. The Morgan fingerprint density at radius 1 is 1.44 bits per heavy atom. The molecular weight excluding hydrogens is 232 g/mol. The first kappa shape index (κ1) is 12.8. The van der Waals surface area contributed by atoms with Gasteiger partial charge in [-0.25, -0.2) is 5.10 Å². The number of carbonyl (C=O) groups excluding carboxylic acids is 1. The lowest BCUT2D eigenvalue weighted by molar-refractivity contribution is 0.0681.